The average Bonchev–Trinajstić information content (AvgIpc) is 2.84. The zero-order valence-corrected chi connectivity index (χ0v) is 11.4. The highest BCUT2D eigenvalue weighted by atomic mass is 79.9. The van der Waals surface area contributed by atoms with E-state index in [1.807, 2.05) is 0 Å². The summed E-state index contributed by atoms with van der Waals surface area (Å²) in [7, 11) is 0. The van der Waals surface area contributed by atoms with E-state index in [-0.39, 0.29) is 24.7 Å². The van der Waals surface area contributed by atoms with Gasteiger partial charge in [-0.15, -0.1) is 5.10 Å². The summed E-state index contributed by atoms with van der Waals surface area (Å²) < 4.78 is 15.7. The molecule has 1 aromatic carbocycles. The van der Waals surface area contributed by atoms with Gasteiger partial charge in [-0.1, -0.05) is 21.1 Å². The van der Waals surface area contributed by atoms with E-state index in [9.17, 15) is 9.18 Å². The minimum Gasteiger partial charge on any atom is -0.349 e. The molecule has 3 N–H and O–H groups in total. The standard InChI is InChI=1S/C11H11BrFN5O/c12-7-1-2-10(9(13)3-7)18-6-8(16-17-18)5-15-11(19)4-14/h1-3,6H,4-5,14H2,(H,15,19). The Morgan fingerprint density at radius 2 is 2.32 bits per heavy atom. The highest BCUT2D eigenvalue weighted by Crippen LogP contribution is 2.18. The van der Waals surface area contributed by atoms with Gasteiger partial charge in [-0.2, -0.15) is 0 Å². The number of benzene rings is 1. The Bertz CT molecular complexity index is 601. The fourth-order valence-electron chi connectivity index (χ4n) is 1.43. The number of aromatic nitrogens is 3. The average molecular weight is 328 g/mol. The van der Waals surface area contributed by atoms with Crippen molar-refractivity contribution >= 4 is 21.8 Å². The van der Waals surface area contributed by atoms with Crippen LogP contribution in [0.3, 0.4) is 0 Å². The van der Waals surface area contributed by atoms with Crippen molar-refractivity contribution in [1.29, 1.82) is 0 Å². The minimum absolute atomic E-state index is 0.0878. The number of carbonyl (C=O) groups is 1. The summed E-state index contributed by atoms with van der Waals surface area (Å²) in [6.45, 7) is 0.115. The van der Waals surface area contributed by atoms with E-state index in [2.05, 4.69) is 31.6 Å². The molecule has 6 nitrogen and oxygen atoms in total. The summed E-state index contributed by atoms with van der Waals surface area (Å²) in [6.07, 6.45) is 1.54. The van der Waals surface area contributed by atoms with Crippen molar-refractivity contribution in [1.82, 2.24) is 20.3 Å². The van der Waals surface area contributed by atoms with Gasteiger partial charge in [0.05, 0.1) is 19.3 Å². The van der Waals surface area contributed by atoms with Gasteiger partial charge >= 0.3 is 0 Å². The van der Waals surface area contributed by atoms with E-state index >= 15 is 0 Å². The Kier molecular flexibility index (Phi) is 4.23. The predicted octanol–water partition coefficient (Wildman–Crippen LogP) is 0.744. The molecule has 0 saturated carbocycles. The smallest absolute Gasteiger partial charge is 0.234 e. The quantitative estimate of drug-likeness (QED) is 0.867. The molecule has 0 spiro atoms. The molecule has 2 rings (SSSR count). The van der Waals surface area contributed by atoms with Crippen molar-refractivity contribution in [3.05, 3.63) is 40.4 Å². The first-order valence-electron chi connectivity index (χ1n) is 5.43. The number of hydrogen-bond acceptors (Lipinski definition) is 4. The summed E-state index contributed by atoms with van der Waals surface area (Å²) >= 11 is 3.18. The molecule has 0 bridgehead atoms. The number of amides is 1. The zero-order chi connectivity index (χ0) is 13.8. The van der Waals surface area contributed by atoms with Crippen LogP contribution in [0.25, 0.3) is 5.69 Å². The van der Waals surface area contributed by atoms with E-state index in [1.54, 1.807) is 18.3 Å². The lowest BCUT2D eigenvalue weighted by Gasteiger charge is -2.02. The number of nitrogens with one attached hydrogen (secondary N) is 1. The Hall–Kier alpha value is -1.80. The maximum Gasteiger partial charge on any atom is 0.234 e. The number of carbonyl (C=O) groups excluding carboxylic acids is 1. The van der Waals surface area contributed by atoms with Crippen LogP contribution in [0, 0.1) is 5.82 Å². The fraction of sp³-hybridized carbons (Fsp3) is 0.182. The molecule has 100 valence electrons. The maximum absolute atomic E-state index is 13.7. The number of nitrogens with two attached hydrogens (primary N) is 1. The summed E-state index contributed by atoms with van der Waals surface area (Å²) in [4.78, 5) is 11.0. The Balaban J connectivity index is 2.14. The molecule has 0 unspecified atom stereocenters. The van der Waals surface area contributed by atoms with Crippen LogP contribution in [0.5, 0.6) is 0 Å². The second kappa shape index (κ2) is 5.89. The third kappa shape index (κ3) is 3.36. The fourth-order valence-corrected chi connectivity index (χ4v) is 1.76. The Labute approximate surface area is 116 Å². The highest BCUT2D eigenvalue weighted by molar-refractivity contribution is 9.10. The molecular formula is C11H11BrFN5O. The van der Waals surface area contributed by atoms with Crippen molar-refractivity contribution in [2.24, 2.45) is 5.73 Å². The maximum atomic E-state index is 13.7. The molecule has 0 aliphatic rings. The van der Waals surface area contributed by atoms with Crippen LogP contribution in [0.1, 0.15) is 5.69 Å². The molecule has 8 heteroatoms. The van der Waals surface area contributed by atoms with Gasteiger partial charge < -0.3 is 11.1 Å². The summed E-state index contributed by atoms with van der Waals surface area (Å²) in [5.74, 6) is -0.707. The third-order valence-corrected chi connectivity index (χ3v) is 2.84. The summed E-state index contributed by atoms with van der Waals surface area (Å²) in [5.41, 5.74) is 5.96. The van der Waals surface area contributed by atoms with E-state index < -0.39 is 5.82 Å². The molecule has 1 aromatic heterocycles. The molecule has 0 fully saturated rings. The SMILES string of the molecule is NCC(=O)NCc1cn(-c2ccc(Br)cc2F)nn1. The molecule has 19 heavy (non-hydrogen) atoms. The normalized spacial score (nSPS) is 10.5. The molecule has 2 aromatic rings. The van der Waals surface area contributed by atoms with Crippen LogP contribution in [-0.4, -0.2) is 27.4 Å². The van der Waals surface area contributed by atoms with Crippen LogP contribution in [-0.2, 0) is 11.3 Å². The second-order valence-corrected chi connectivity index (χ2v) is 4.65. The molecule has 0 aliphatic carbocycles. The molecule has 0 saturated heterocycles. The number of nitrogens with zero attached hydrogens (tertiary/aromatic N) is 3. The molecule has 1 heterocycles. The van der Waals surface area contributed by atoms with Crippen molar-refractivity contribution in [3.8, 4) is 5.69 Å². The van der Waals surface area contributed by atoms with Gasteiger partial charge in [-0.05, 0) is 18.2 Å². The van der Waals surface area contributed by atoms with Crippen LogP contribution in [0.15, 0.2) is 28.9 Å². The van der Waals surface area contributed by atoms with Crippen molar-refractivity contribution in [3.63, 3.8) is 0 Å². The van der Waals surface area contributed by atoms with Crippen LogP contribution >= 0.6 is 15.9 Å². The lowest BCUT2D eigenvalue weighted by Crippen LogP contribution is -2.29. The lowest BCUT2D eigenvalue weighted by molar-refractivity contribution is -0.119. The molecule has 0 aliphatic heterocycles. The number of halogens is 2. The van der Waals surface area contributed by atoms with E-state index in [0.29, 0.717) is 10.2 Å². The number of rotatable bonds is 4. The first-order valence-corrected chi connectivity index (χ1v) is 6.23. The largest absolute Gasteiger partial charge is 0.349 e. The van der Waals surface area contributed by atoms with Gasteiger partial charge in [0.1, 0.15) is 17.2 Å². The lowest BCUT2D eigenvalue weighted by atomic mass is 10.3. The third-order valence-electron chi connectivity index (χ3n) is 2.35. The van der Waals surface area contributed by atoms with Gasteiger partial charge in [0.15, 0.2) is 0 Å². The number of hydrogen-bond donors (Lipinski definition) is 2. The monoisotopic (exact) mass is 327 g/mol. The predicted molar refractivity (Wildman–Crippen MR) is 69.9 cm³/mol. The first kappa shape index (κ1) is 13.6. The highest BCUT2D eigenvalue weighted by Gasteiger charge is 2.08. The van der Waals surface area contributed by atoms with Gasteiger partial charge in [-0.25, -0.2) is 9.07 Å². The molecule has 0 radical (unpaired) electrons. The van der Waals surface area contributed by atoms with Gasteiger partial charge in [0.2, 0.25) is 5.91 Å². The van der Waals surface area contributed by atoms with E-state index in [4.69, 9.17) is 5.73 Å². The topological polar surface area (TPSA) is 85.8 Å². The van der Waals surface area contributed by atoms with Crippen molar-refractivity contribution in [2.45, 2.75) is 6.54 Å². The summed E-state index contributed by atoms with van der Waals surface area (Å²) in [5, 5.41) is 10.2. The van der Waals surface area contributed by atoms with Crippen LogP contribution < -0.4 is 11.1 Å². The zero-order valence-electron chi connectivity index (χ0n) is 9.81. The van der Waals surface area contributed by atoms with E-state index in [1.165, 1.54) is 10.7 Å². The van der Waals surface area contributed by atoms with Gasteiger partial charge in [0.25, 0.3) is 0 Å². The molecule has 1 amide bonds. The van der Waals surface area contributed by atoms with Crippen LogP contribution in [0.4, 0.5) is 4.39 Å². The molecular weight excluding hydrogens is 317 g/mol. The summed E-state index contributed by atoms with van der Waals surface area (Å²) in [6, 6.07) is 4.62. The van der Waals surface area contributed by atoms with Crippen LogP contribution in [0.2, 0.25) is 0 Å². The van der Waals surface area contributed by atoms with Crippen molar-refractivity contribution < 1.29 is 9.18 Å². The molecule has 0 atom stereocenters. The Morgan fingerprint density at radius 3 is 3.00 bits per heavy atom. The van der Waals surface area contributed by atoms with Crippen molar-refractivity contribution in [2.75, 3.05) is 6.54 Å². The van der Waals surface area contributed by atoms with Gasteiger partial charge in [-0.3, -0.25) is 4.79 Å². The first-order chi connectivity index (χ1) is 9.10. The van der Waals surface area contributed by atoms with E-state index in [0.717, 1.165) is 0 Å². The Morgan fingerprint density at radius 1 is 1.53 bits per heavy atom. The minimum atomic E-state index is -0.420. The second-order valence-electron chi connectivity index (χ2n) is 3.73. The van der Waals surface area contributed by atoms with Gasteiger partial charge in [0, 0.05) is 4.47 Å².